The van der Waals surface area contributed by atoms with Crippen molar-refractivity contribution >= 4 is 28.7 Å². The van der Waals surface area contributed by atoms with E-state index < -0.39 is 0 Å². The summed E-state index contributed by atoms with van der Waals surface area (Å²) in [7, 11) is 0. The summed E-state index contributed by atoms with van der Waals surface area (Å²) in [4.78, 5) is 34.0. The highest BCUT2D eigenvalue weighted by Gasteiger charge is 2.41. The summed E-state index contributed by atoms with van der Waals surface area (Å²) in [5.41, 5.74) is 1.54. The molecule has 2 aromatic rings. The van der Waals surface area contributed by atoms with Gasteiger partial charge in [0.1, 0.15) is 5.65 Å². The van der Waals surface area contributed by atoms with E-state index in [1.807, 2.05) is 6.07 Å². The van der Waals surface area contributed by atoms with Gasteiger partial charge in [-0.1, -0.05) is 19.3 Å². The molecule has 2 aliphatic heterocycles. The van der Waals surface area contributed by atoms with Crippen molar-refractivity contribution in [2.45, 2.75) is 56.9 Å². The number of carbonyl (C=O) groups is 2. The minimum Gasteiger partial charge on any atom is -0.316 e. The number of nitrogens with zero attached hydrogens (tertiary/aromatic N) is 3. The lowest BCUT2D eigenvalue weighted by Gasteiger charge is -2.42. The Kier molecular flexibility index (Phi) is 4.00. The van der Waals surface area contributed by atoms with Crippen molar-refractivity contribution in [1.29, 1.82) is 0 Å². The van der Waals surface area contributed by atoms with Crippen LogP contribution in [0.4, 0.5) is 5.95 Å². The lowest BCUT2D eigenvalue weighted by molar-refractivity contribution is -0.119. The lowest BCUT2D eigenvalue weighted by atomic mass is 9.75. The van der Waals surface area contributed by atoms with Crippen LogP contribution in [0.5, 0.6) is 0 Å². The molecule has 1 amide bonds. The van der Waals surface area contributed by atoms with E-state index in [-0.39, 0.29) is 23.1 Å². The number of aromatic nitrogens is 3. The Hall–Kier alpha value is -2.28. The normalized spacial score (nSPS) is 24.3. The number of Topliss-reactive ketones (excluding diaryl/α,β-unsaturated/α-hetero) is 1. The zero-order chi connectivity index (χ0) is 18.4. The van der Waals surface area contributed by atoms with Gasteiger partial charge in [0.25, 0.3) is 0 Å². The predicted octanol–water partition coefficient (Wildman–Crippen LogP) is 2.62. The van der Waals surface area contributed by atoms with E-state index in [0.29, 0.717) is 18.9 Å². The SMILES string of the molecule is O=C1CCC2(CCCCC2)n2c1cc1cnc(NC(=O)C3CCNC3)nc12. The van der Waals surface area contributed by atoms with E-state index in [2.05, 4.69) is 20.2 Å². The molecule has 1 saturated carbocycles. The minimum absolute atomic E-state index is 0.00571. The van der Waals surface area contributed by atoms with Crippen LogP contribution in [0.25, 0.3) is 11.0 Å². The standard InChI is InChI=1S/C20H25N5O2/c26-16-4-8-20(6-2-1-3-7-20)25-15(16)10-14-12-22-19(23-17(14)25)24-18(27)13-5-9-21-11-13/h10,12-13,21H,1-9,11H2,(H,22,23,24,27). The number of carbonyl (C=O) groups excluding carboxylic acids is 2. The van der Waals surface area contributed by atoms with Crippen LogP contribution >= 0.6 is 0 Å². The van der Waals surface area contributed by atoms with Crippen molar-refractivity contribution < 1.29 is 9.59 Å². The van der Waals surface area contributed by atoms with Crippen molar-refractivity contribution in [3.05, 3.63) is 18.0 Å². The Bertz CT molecular complexity index is 906. The third-order valence-electron chi connectivity index (χ3n) is 6.57. The van der Waals surface area contributed by atoms with E-state index in [0.717, 1.165) is 49.0 Å². The summed E-state index contributed by atoms with van der Waals surface area (Å²) < 4.78 is 2.18. The fourth-order valence-electron chi connectivity index (χ4n) is 5.09. The van der Waals surface area contributed by atoms with Gasteiger partial charge in [0.05, 0.1) is 11.6 Å². The third kappa shape index (κ3) is 2.76. The Labute approximate surface area is 157 Å². The molecule has 27 heavy (non-hydrogen) atoms. The summed E-state index contributed by atoms with van der Waals surface area (Å²) in [6.07, 6.45) is 9.91. The molecule has 4 heterocycles. The second-order valence-corrected chi connectivity index (χ2v) is 8.22. The Morgan fingerprint density at radius 3 is 2.89 bits per heavy atom. The molecule has 5 rings (SSSR count). The molecule has 0 bridgehead atoms. The smallest absolute Gasteiger partial charge is 0.231 e. The highest BCUT2D eigenvalue weighted by atomic mass is 16.2. The summed E-state index contributed by atoms with van der Waals surface area (Å²) >= 11 is 0. The van der Waals surface area contributed by atoms with Crippen LogP contribution in [-0.4, -0.2) is 39.3 Å². The largest absolute Gasteiger partial charge is 0.316 e. The van der Waals surface area contributed by atoms with Gasteiger partial charge < -0.3 is 9.88 Å². The predicted molar refractivity (Wildman–Crippen MR) is 102 cm³/mol. The molecule has 1 atom stereocenters. The van der Waals surface area contributed by atoms with E-state index in [1.165, 1.54) is 19.3 Å². The van der Waals surface area contributed by atoms with Gasteiger partial charge in [-0.3, -0.25) is 14.9 Å². The number of rotatable bonds is 2. The quantitative estimate of drug-likeness (QED) is 0.852. The van der Waals surface area contributed by atoms with Gasteiger partial charge in [-0.2, -0.15) is 4.98 Å². The van der Waals surface area contributed by atoms with Crippen molar-refractivity contribution in [2.75, 3.05) is 18.4 Å². The molecular weight excluding hydrogens is 342 g/mol. The first-order valence-electron chi connectivity index (χ1n) is 10.1. The maximum atomic E-state index is 12.6. The first kappa shape index (κ1) is 16.9. The molecule has 1 aliphatic carbocycles. The molecule has 2 fully saturated rings. The van der Waals surface area contributed by atoms with Crippen LogP contribution in [0.3, 0.4) is 0 Å². The summed E-state index contributed by atoms with van der Waals surface area (Å²) in [5, 5.41) is 6.96. The third-order valence-corrected chi connectivity index (χ3v) is 6.57. The number of amides is 1. The molecular formula is C20H25N5O2. The number of fused-ring (bicyclic) bond motifs is 4. The topological polar surface area (TPSA) is 88.9 Å². The molecule has 3 aliphatic rings. The fourth-order valence-corrected chi connectivity index (χ4v) is 5.09. The highest BCUT2D eigenvalue weighted by Crippen LogP contribution is 2.45. The van der Waals surface area contributed by atoms with Crippen molar-refractivity contribution in [2.24, 2.45) is 5.92 Å². The zero-order valence-electron chi connectivity index (χ0n) is 15.5. The fraction of sp³-hybridized carbons (Fsp3) is 0.600. The van der Waals surface area contributed by atoms with Gasteiger partial charge in [-0.15, -0.1) is 0 Å². The molecule has 0 aromatic carbocycles. The number of nitrogens with one attached hydrogen (secondary N) is 2. The van der Waals surface area contributed by atoms with E-state index in [1.54, 1.807) is 6.20 Å². The molecule has 0 radical (unpaired) electrons. The van der Waals surface area contributed by atoms with Gasteiger partial charge in [-0.25, -0.2) is 4.98 Å². The van der Waals surface area contributed by atoms with E-state index >= 15 is 0 Å². The highest BCUT2D eigenvalue weighted by molar-refractivity contribution is 6.00. The van der Waals surface area contributed by atoms with Gasteiger partial charge in [0.2, 0.25) is 11.9 Å². The zero-order valence-corrected chi connectivity index (χ0v) is 15.5. The molecule has 2 N–H and O–H groups in total. The maximum absolute atomic E-state index is 12.6. The first-order valence-corrected chi connectivity index (χ1v) is 10.1. The van der Waals surface area contributed by atoms with Gasteiger partial charge in [-0.05, 0) is 38.3 Å². The van der Waals surface area contributed by atoms with E-state index in [4.69, 9.17) is 4.98 Å². The summed E-state index contributed by atoms with van der Waals surface area (Å²) in [5.74, 6) is 0.459. The van der Waals surface area contributed by atoms with Crippen LogP contribution in [-0.2, 0) is 10.3 Å². The average molecular weight is 367 g/mol. The summed E-state index contributed by atoms with van der Waals surface area (Å²) in [6.45, 7) is 1.57. The van der Waals surface area contributed by atoms with Gasteiger partial charge in [0.15, 0.2) is 5.78 Å². The molecule has 1 unspecified atom stereocenters. The molecule has 2 aromatic heterocycles. The average Bonchev–Trinajstić information content (AvgIpc) is 3.34. The molecule has 7 heteroatoms. The van der Waals surface area contributed by atoms with Gasteiger partial charge in [0, 0.05) is 30.1 Å². The molecule has 142 valence electrons. The number of ketones is 1. The molecule has 7 nitrogen and oxygen atoms in total. The van der Waals surface area contributed by atoms with Crippen LogP contribution in [0.15, 0.2) is 12.3 Å². The second-order valence-electron chi connectivity index (χ2n) is 8.22. The lowest BCUT2D eigenvalue weighted by Crippen LogP contribution is -2.41. The maximum Gasteiger partial charge on any atom is 0.231 e. The van der Waals surface area contributed by atoms with Crippen molar-refractivity contribution in [3.63, 3.8) is 0 Å². The Balaban J connectivity index is 1.55. The summed E-state index contributed by atoms with van der Waals surface area (Å²) in [6, 6.07) is 1.93. The van der Waals surface area contributed by atoms with Crippen LogP contribution in [0, 0.1) is 5.92 Å². The molecule has 1 saturated heterocycles. The number of anilines is 1. The number of hydrogen-bond acceptors (Lipinski definition) is 5. The molecule has 1 spiro atoms. The number of hydrogen-bond donors (Lipinski definition) is 2. The Morgan fingerprint density at radius 2 is 2.11 bits per heavy atom. The Morgan fingerprint density at radius 1 is 1.26 bits per heavy atom. The van der Waals surface area contributed by atoms with Crippen molar-refractivity contribution in [1.82, 2.24) is 19.9 Å². The van der Waals surface area contributed by atoms with Crippen LogP contribution in [0.2, 0.25) is 0 Å². The minimum atomic E-state index is -0.0340. The van der Waals surface area contributed by atoms with Crippen LogP contribution < -0.4 is 10.6 Å². The van der Waals surface area contributed by atoms with Gasteiger partial charge >= 0.3 is 0 Å². The second kappa shape index (κ2) is 6.41. The van der Waals surface area contributed by atoms with E-state index in [9.17, 15) is 9.59 Å². The van der Waals surface area contributed by atoms with Crippen molar-refractivity contribution in [3.8, 4) is 0 Å². The monoisotopic (exact) mass is 367 g/mol. The first-order chi connectivity index (χ1) is 13.2. The van der Waals surface area contributed by atoms with Crippen LogP contribution in [0.1, 0.15) is 61.9 Å².